The lowest BCUT2D eigenvalue weighted by molar-refractivity contribution is -0.134. The molecule has 3 aliphatic heterocycles. The van der Waals surface area contributed by atoms with E-state index in [9.17, 15) is 18.8 Å². The molecule has 0 bridgehead atoms. The van der Waals surface area contributed by atoms with Crippen molar-refractivity contribution in [2.75, 3.05) is 50.7 Å². The molecule has 3 saturated heterocycles. The highest BCUT2D eigenvalue weighted by atomic mass is 19.1. The molecule has 1 aromatic rings. The van der Waals surface area contributed by atoms with Crippen LogP contribution in [0.4, 0.5) is 14.9 Å². The largest absolute Gasteiger partial charge is 0.443 e. The summed E-state index contributed by atoms with van der Waals surface area (Å²) in [5.74, 6) is -1.06. The maximum atomic E-state index is 14.9. The number of carbonyl (C=O) groups is 3. The minimum Gasteiger partial charge on any atom is -0.443 e. The van der Waals surface area contributed by atoms with E-state index in [1.807, 2.05) is 31.8 Å². The fourth-order valence-electron chi connectivity index (χ4n) is 5.34. The molecule has 3 aliphatic rings. The molecule has 0 aliphatic carbocycles. The molecular formula is C27H40FN5O4. The van der Waals surface area contributed by atoms with Gasteiger partial charge in [0, 0.05) is 56.9 Å². The molecule has 0 spiro atoms. The van der Waals surface area contributed by atoms with Crippen molar-refractivity contribution in [1.29, 1.82) is 0 Å². The number of nitrogens with zero attached hydrogens (tertiary/aromatic N) is 3. The molecule has 3 fully saturated rings. The first-order chi connectivity index (χ1) is 17.6. The monoisotopic (exact) mass is 517 g/mol. The average Bonchev–Trinajstić information content (AvgIpc) is 2.83. The van der Waals surface area contributed by atoms with Gasteiger partial charge in [-0.05, 0) is 71.0 Å². The van der Waals surface area contributed by atoms with Gasteiger partial charge in [-0.25, -0.2) is 14.2 Å². The third-order valence-electron chi connectivity index (χ3n) is 7.45. The van der Waals surface area contributed by atoms with Crippen molar-refractivity contribution >= 4 is 23.6 Å². The van der Waals surface area contributed by atoms with Crippen molar-refractivity contribution < 1.29 is 23.5 Å². The molecular weight excluding hydrogens is 477 g/mol. The van der Waals surface area contributed by atoms with E-state index in [4.69, 9.17) is 4.74 Å². The van der Waals surface area contributed by atoms with E-state index in [1.54, 1.807) is 6.07 Å². The normalized spacial score (nSPS) is 22.6. The molecule has 1 unspecified atom stereocenters. The van der Waals surface area contributed by atoms with Gasteiger partial charge in [0.2, 0.25) is 11.8 Å². The summed E-state index contributed by atoms with van der Waals surface area (Å²) < 4.78 is 20.2. The number of amides is 3. The van der Waals surface area contributed by atoms with Crippen LogP contribution in [0.25, 0.3) is 0 Å². The number of piperidine rings is 2. The van der Waals surface area contributed by atoms with E-state index in [-0.39, 0.29) is 18.1 Å². The van der Waals surface area contributed by atoms with Crippen molar-refractivity contribution in [1.82, 2.24) is 20.7 Å². The second kappa shape index (κ2) is 11.8. The maximum Gasteiger partial charge on any atom is 0.422 e. The number of rotatable bonds is 6. The Hall–Kier alpha value is -2.72. The summed E-state index contributed by atoms with van der Waals surface area (Å²) in [4.78, 5) is 40.1. The number of hydrogen-bond acceptors (Lipinski definition) is 7. The fraction of sp³-hybridized carbons (Fsp3) is 0.667. The summed E-state index contributed by atoms with van der Waals surface area (Å²) in [6.45, 7) is 11.8. The molecule has 1 atom stereocenters. The smallest absolute Gasteiger partial charge is 0.422 e. The Morgan fingerprint density at radius 3 is 2.41 bits per heavy atom. The number of carbonyl (C=O) groups excluding carboxylic acids is 3. The van der Waals surface area contributed by atoms with Gasteiger partial charge in [-0.1, -0.05) is 6.07 Å². The zero-order valence-corrected chi connectivity index (χ0v) is 22.2. The number of anilines is 1. The quantitative estimate of drug-likeness (QED) is 0.561. The lowest BCUT2D eigenvalue weighted by Crippen LogP contribution is -2.49. The van der Waals surface area contributed by atoms with Crippen LogP contribution in [0.3, 0.4) is 0 Å². The highest BCUT2D eigenvalue weighted by Crippen LogP contribution is 2.30. The van der Waals surface area contributed by atoms with Crippen molar-refractivity contribution in [3.05, 3.63) is 29.6 Å². The Morgan fingerprint density at radius 2 is 1.78 bits per heavy atom. The predicted octanol–water partition coefficient (Wildman–Crippen LogP) is 3.01. The summed E-state index contributed by atoms with van der Waals surface area (Å²) >= 11 is 0. The molecule has 4 rings (SSSR count). The third kappa shape index (κ3) is 7.64. The van der Waals surface area contributed by atoms with E-state index in [0.29, 0.717) is 17.9 Å². The number of hydrogen-bond donors (Lipinski definition) is 2. The van der Waals surface area contributed by atoms with Gasteiger partial charge in [0.25, 0.3) is 0 Å². The molecule has 3 heterocycles. The molecule has 10 heteroatoms. The van der Waals surface area contributed by atoms with Crippen LogP contribution in [0.5, 0.6) is 0 Å². The second-order valence-corrected chi connectivity index (χ2v) is 11.4. The lowest BCUT2D eigenvalue weighted by atomic mass is 9.90. The predicted molar refractivity (Wildman–Crippen MR) is 138 cm³/mol. The van der Waals surface area contributed by atoms with Gasteiger partial charge in [0.1, 0.15) is 11.4 Å². The highest BCUT2D eigenvalue weighted by Gasteiger charge is 2.30. The number of imide groups is 1. The molecule has 3 amide bonds. The molecule has 2 N–H and O–H groups in total. The summed E-state index contributed by atoms with van der Waals surface area (Å²) in [5, 5.41) is 4.26. The Morgan fingerprint density at radius 1 is 1.08 bits per heavy atom. The van der Waals surface area contributed by atoms with Gasteiger partial charge in [-0.2, -0.15) is 0 Å². The van der Waals surface area contributed by atoms with E-state index >= 15 is 0 Å². The van der Waals surface area contributed by atoms with E-state index in [0.717, 1.165) is 70.8 Å². The third-order valence-corrected chi connectivity index (χ3v) is 7.45. The van der Waals surface area contributed by atoms with Crippen molar-refractivity contribution in [3.63, 3.8) is 0 Å². The molecule has 9 nitrogen and oxygen atoms in total. The molecule has 0 saturated carbocycles. The van der Waals surface area contributed by atoms with Gasteiger partial charge >= 0.3 is 6.09 Å². The van der Waals surface area contributed by atoms with Gasteiger partial charge in [0.15, 0.2) is 0 Å². The van der Waals surface area contributed by atoms with E-state index in [2.05, 4.69) is 20.5 Å². The van der Waals surface area contributed by atoms with Gasteiger partial charge in [-0.15, -0.1) is 0 Å². The minimum atomic E-state index is -0.608. The molecule has 0 aromatic heterocycles. The number of nitrogens with one attached hydrogen (secondary N) is 2. The highest BCUT2D eigenvalue weighted by molar-refractivity contribution is 6.01. The van der Waals surface area contributed by atoms with Crippen LogP contribution in [-0.4, -0.2) is 79.2 Å². The topological polar surface area (TPSA) is 94.2 Å². The first kappa shape index (κ1) is 27.3. The number of piperazine rings is 1. The molecule has 37 heavy (non-hydrogen) atoms. The first-order valence-corrected chi connectivity index (χ1v) is 13.4. The van der Waals surface area contributed by atoms with Crippen LogP contribution in [-0.2, 0) is 14.3 Å². The van der Waals surface area contributed by atoms with Gasteiger partial charge in [0.05, 0.1) is 5.92 Å². The zero-order valence-electron chi connectivity index (χ0n) is 22.2. The Labute approximate surface area is 218 Å². The second-order valence-electron chi connectivity index (χ2n) is 11.4. The Kier molecular flexibility index (Phi) is 8.69. The van der Waals surface area contributed by atoms with Crippen LogP contribution in [0, 0.1) is 11.7 Å². The number of hydrazine groups is 1. The standard InChI is InChI=1S/C27H40FN5O4/c1-27(2,3)37-26(36)30-33-12-9-19(10-13-33)8-11-31-14-16-32(17-15-31)20-4-5-21(23(28)18-20)22-6-7-24(34)29-25(22)35/h4-5,18-19,22H,6-17H2,1-3H3,(H,30,36)(H,29,34,35). The Bertz CT molecular complexity index is 981. The SMILES string of the molecule is CC(C)(C)OC(=O)NN1CCC(CCN2CCN(c3ccc(C4CCC(=O)NC4=O)c(F)c3)CC2)CC1. The van der Waals surface area contributed by atoms with Crippen LogP contribution in [0.15, 0.2) is 18.2 Å². The fourth-order valence-corrected chi connectivity index (χ4v) is 5.34. The van der Waals surface area contributed by atoms with Crippen molar-refractivity contribution in [3.8, 4) is 0 Å². The van der Waals surface area contributed by atoms with Crippen molar-refractivity contribution in [2.45, 2.75) is 64.4 Å². The van der Waals surface area contributed by atoms with Gasteiger partial charge in [-0.3, -0.25) is 25.2 Å². The molecule has 204 valence electrons. The van der Waals surface area contributed by atoms with Crippen molar-refractivity contribution in [2.24, 2.45) is 5.92 Å². The summed E-state index contributed by atoms with van der Waals surface area (Å²) in [5.41, 5.74) is 3.54. The summed E-state index contributed by atoms with van der Waals surface area (Å²) in [6, 6.07) is 5.10. The number of ether oxygens (including phenoxy) is 1. The van der Waals surface area contributed by atoms with Crippen LogP contribution < -0.4 is 15.6 Å². The lowest BCUT2D eigenvalue weighted by Gasteiger charge is -2.38. The van der Waals surface area contributed by atoms with Gasteiger partial charge < -0.3 is 9.64 Å². The van der Waals surface area contributed by atoms with Crippen LogP contribution in [0.1, 0.15) is 64.4 Å². The molecule has 0 radical (unpaired) electrons. The minimum absolute atomic E-state index is 0.238. The zero-order chi connectivity index (χ0) is 26.6. The number of halogens is 1. The summed E-state index contributed by atoms with van der Waals surface area (Å²) in [6.07, 6.45) is 3.42. The summed E-state index contributed by atoms with van der Waals surface area (Å²) in [7, 11) is 0. The van der Waals surface area contributed by atoms with Crippen LogP contribution >= 0.6 is 0 Å². The van der Waals surface area contributed by atoms with E-state index < -0.39 is 23.5 Å². The average molecular weight is 518 g/mol. The number of benzene rings is 1. The Balaban J connectivity index is 1.17. The van der Waals surface area contributed by atoms with E-state index in [1.165, 1.54) is 6.07 Å². The maximum absolute atomic E-state index is 14.9. The first-order valence-electron chi connectivity index (χ1n) is 13.4. The molecule has 1 aromatic carbocycles. The van der Waals surface area contributed by atoms with Crippen LogP contribution in [0.2, 0.25) is 0 Å².